The fourth-order valence-corrected chi connectivity index (χ4v) is 4.94. The molecule has 1 aromatic rings. The van der Waals surface area contributed by atoms with Crippen molar-refractivity contribution in [2.45, 2.75) is 37.8 Å². The topological polar surface area (TPSA) is 43.8 Å². The summed E-state index contributed by atoms with van der Waals surface area (Å²) in [6, 6.07) is 6.50. The molecule has 4 rings (SSSR count). The Bertz CT molecular complexity index is 631. The van der Waals surface area contributed by atoms with Crippen LogP contribution in [0.4, 0.5) is 5.69 Å². The van der Waals surface area contributed by atoms with E-state index in [4.69, 9.17) is 0 Å². The van der Waals surface area contributed by atoms with E-state index >= 15 is 0 Å². The smallest absolute Gasteiger partial charge is 0.226 e. The van der Waals surface area contributed by atoms with Crippen LogP contribution in [0.5, 0.6) is 0 Å². The molecule has 1 aliphatic carbocycles. The van der Waals surface area contributed by atoms with Gasteiger partial charge in [-0.25, -0.2) is 0 Å². The largest absolute Gasteiger partial charge is 0.394 e. The van der Waals surface area contributed by atoms with Crippen LogP contribution in [0, 0.1) is 11.8 Å². The van der Waals surface area contributed by atoms with Crippen molar-refractivity contribution in [2.24, 2.45) is 11.8 Å². The van der Waals surface area contributed by atoms with Gasteiger partial charge in [0.15, 0.2) is 0 Å². The minimum absolute atomic E-state index is 0.0906. The molecule has 2 heterocycles. The van der Waals surface area contributed by atoms with Crippen LogP contribution < -0.4 is 4.90 Å². The van der Waals surface area contributed by atoms with Crippen molar-refractivity contribution < 1.29 is 9.90 Å². The number of rotatable bonds is 2. The molecular formula is C18H23BrN2O2. The van der Waals surface area contributed by atoms with E-state index in [9.17, 15) is 9.90 Å². The van der Waals surface area contributed by atoms with Crippen LogP contribution in [0.2, 0.25) is 0 Å². The highest BCUT2D eigenvalue weighted by Gasteiger charge is 2.48. The molecular weight excluding hydrogens is 356 g/mol. The van der Waals surface area contributed by atoms with Crippen LogP contribution in [0.25, 0.3) is 0 Å². The van der Waals surface area contributed by atoms with Gasteiger partial charge in [-0.05, 0) is 43.0 Å². The first-order chi connectivity index (χ1) is 11.1. The van der Waals surface area contributed by atoms with Crippen LogP contribution in [0.1, 0.15) is 37.3 Å². The van der Waals surface area contributed by atoms with Gasteiger partial charge in [-0.15, -0.1) is 0 Å². The van der Waals surface area contributed by atoms with Gasteiger partial charge in [-0.2, -0.15) is 0 Å². The second-order valence-corrected chi connectivity index (χ2v) is 8.04. The lowest BCUT2D eigenvalue weighted by Gasteiger charge is -2.45. The molecule has 124 valence electrons. The molecule has 1 saturated carbocycles. The van der Waals surface area contributed by atoms with E-state index in [0.717, 1.165) is 36.0 Å². The Hall–Kier alpha value is -1.07. The Morgan fingerprint density at radius 1 is 1.35 bits per heavy atom. The van der Waals surface area contributed by atoms with E-state index in [1.807, 2.05) is 6.07 Å². The molecule has 0 unspecified atom stereocenters. The van der Waals surface area contributed by atoms with Crippen LogP contribution in [-0.4, -0.2) is 42.2 Å². The lowest BCUT2D eigenvalue weighted by atomic mass is 9.80. The normalized spacial score (nSPS) is 30.0. The second-order valence-electron chi connectivity index (χ2n) is 7.12. The zero-order chi connectivity index (χ0) is 16.1. The number of carbonyl (C=O) groups excluding carboxylic acids is 1. The maximum Gasteiger partial charge on any atom is 0.226 e. The van der Waals surface area contributed by atoms with Gasteiger partial charge in [0, 0.05) is 35.6 Å². The first kappa shape index (κ1) is 15.5. The molecule has 1 aromatic carbocycles. The molecule has 4 nitrogen and oxygen atoms in total. The number of likely N-dealkylation sites (N-methyl/N-ethyl adjacent to an activating group) is 1. The number of hydrogen-bond donors (Lipinski definition) is 1. The fraction of sp³-hybridized carbons (Fsp3) is 0.611. The lowest BCUT2D eigenvalue weighted by molar-refractivity contribution is -0.139. The summed E-state index contributed by atoms with van der Waals surface area (Å²) in [5.41, 5.74) is 2.36. The molecule has 23 heavy (non-hydrogen) atoms. The first-order valence-electron chi connectivity index (χ1n) is 8.55. The summed E-state index contributed by atoms with van der Waals surface area (Å²) in [7, 11) is 2.06. The van der Waals surface area contributed by atoms with Gasteiger partial charge in [-0.3, -0.25) is 4.79 Å². The predicted molar refractivity (Wildman–Crippen MR) is 93.3 cm³/mol. The van der Waals surface area contributed by atoms with Gasteiger partial charge >= 0.3 is 0 Å². The Kier molecular flexibility index (Phi) is 3.88. The monoisotopic (exact) mass is 378 g/mol. The number of carbonyl (C=O) groups is 1. The number of likely N-dealkylation sites (tertiary alicyclic amines) is 1. The highest BCUT2D eigenvalue weighted by atomic mass is 79.9. The number of fused-ring (bicyclic) bond motifs is 3. The molecule has 0 aromatic heterocycles. The van der Waals surface area contributed by atoms with Gasteiger partial charge < -0.3 is 14.9 Å². The van der Waals surface area contributed by atoms with Crippen molar-refractivity contribution in [2.75, 3.05) is 25.1 Å². The van der Waals surface area contributed by atoms with Crippen LogP contribution in [0.15, 0.2) is 22.7 Å². The Morgan fingerprint density at radius 2 is 2.13 bits per heavy atom. The third kappa shape index (κ3) is 2.31. The molecule has 3 aliphatic rings. The molecule has 5 heteroatoms. The van der Waals surface area contributed by atoms with E-state index in [1.54, 1.807) is 0 Å². The molecule has 0 spiro atoms. The highest BCUT2D eigenvalue weighted by molar-refractivity contribution is 9.10. The summed E-state index contributed by atoms with van der Waals surface area (Å²) in [5.74, 6) is 0.878. The quantitative estimate of drug-likeness (QED) is 0.860. The van der Waals surface area contributed by atoms with Crippen molar-refractivity contribution in [3.8, 4) is 0 Å². The molecule has 3 atom stereocenters. The van der Waals surface area contributed by atoms with Crippen molar-refractivity contribution in [1.29, 1.82) is 0 Å². The van der Waals surface area contributed by atoms with E-state index < -0.39 is 0 Å². The Morgan fingerprint density at radius 3 is 2.78 bits per heavy atom. The number of benzene rings is 1. The highest BCUT2D eigenvalue weighted by Crippen LogP contribution is 2.50. The minimum Gasteiger partial charge on any atom is -0.394 e. The van der Waals surface area contributed by atoms with Crippen LogP contribution in [-0.2, 0) is 4.79 Å². The fourth-order valence-electron chi connectivity index (χ4n) is 4.56. The SMILES string of the molecule is CN1c2ccc(Br)cc2[C@@H]2[C@@H](CCN2C(=O)C2CCC2)[C@@H]1CO. The third-order valence-electron chi connectivity index (χ3n) is 6.05. The predicted octanol–water partition coefficient (Wildman–Crippen LogP) is 2.95. The maximum atomic E-state index is 12.9. The molecule has 1 amide bonds. The molecule has 0 bridgehead atoms. The van der Waals surface area contributed by atoms with Gasteiger partial charge in [0.2, 0.25) is 5.91 Å². The van der Waals surface area contributed by atoms with Gasteiger partial charge in [0.05, 0.1) is 18.7 Å². The summed E-state index contributed by atoms with van der Waals surface area (Å²) >= 11 is 3.58. The Labute approximate surface area is 145 Å². The van der Waals surface area contributed by atoms with Gasteiger partial charge in [0.25, 0.3) is 0 Å². The number of aliphatic hydroxyl groups is 1. The van der Waals surface area contributed by atoms with E-state index in [0.29, 0.717) is 11.8 Å². The van der Waals surface area contributed by atoms with E-state index in [2.05, 4.69) is 44.9 Å². The second kappa shape index (κ2) is 5.78. The van der Waals surface area contributed by atoms with Crippen LogP contribution in [0.3, 0.4) is 0 Å². The number of amides is 1. The average molecular weight is 379 g/mol. The molecule has 1 N–H and O–H groups in total. The summed E-state index contributed by atoms with van der Waals surface area (Å²) in [5, 5.41) is 9.93. The van der Waals surface area contributed by atoms with Crippen molar-refractivity contribution in [3.63, 3.8) is 0 Å². The number of aliphatic hydroxyl groups excluding tert-OH is 1. The summed E-state index contributed by atoms with van der Waals surface area (Å²) in [6.45, 7) is 0.958. The number of nitrogens with zero attached hydrogens (tertiary/aromatic N) is 2. The zero-order valence-electron chi connectivity index (χ0n) is 13.4. The van der Waals surface area contributed by atoms with Crippen molar-refractivity contribution >= 4 is 27.5 Å². The van der Waals surface area contributed by atoms with Gasteiger partial charge in [-0.1, -0.05) is 22.4 Å². The first-order valence-corrected chi connectivity index (χ1v) is 9.34. The average Bonchev–Trinajstić information content (AvgIpc) is 2.90. The summed E-state index contributed by atoms with van der Waals surface area (Å²) in [4.78, 5) is 17.2. The molecule has 0 radical (unpaired) electrons. The Balaban J connectivity index is 1.76. The molecule has 2 aliphatic heterocycles. The number of hydrogen-bond acceptors (Lipinski definition) is 3. The maximum absolute atomic E-state index is 12.9. The van der Waals surface area contributed by atoms with E-state index in [1.165, 1.54) is 12.0 Å². The standard InChI is InChI=1S/C18H23BrN2O2/c1-20-15-6-5-12(19)9-14(15)17-13(16(20)10-22)7-8-21(17)18(23)11-3-2-4-11/h5-6,9,11,13,16-17,22H,2-4,7-8,10H2,1H3/t13-,16-,17-/m0/s1. The van der Waals surface area contributed by atoms with E-state index in [-0.39, 0.29) is 24.6 Å². The van der Waals surface area contributed by atoms with Crippen molar-refractivity contribution in [1.82, 2.24) is 4.90 Å². The zero-order valence-corrected chi connectivity index (χ0v) is 15.0. The molecule has 1 saturated heterocycles. The number of halogens is 1. The molecule has 2 fully saturated rings. The van der Waals surface area contributed by atoms with Crippen molar-refractivity contribution in [3.05, 3.63) is 28.2 Å². The minimum atomic E-state index is 0.0906. The lowest BCUT2D eigenvalue weighted by Crippen LogP contribution is -2.49. The number of anilines is 1. The summed E-state index contributed by atoms with van der Waals surface area (Å²) in [6.07, 6.45) is 4.25. The van der Waals surface area contributed by atoms with Crippen LogP contribution >= 0.6 is 15.9 Å². The van der Waals surface area contributed by atoms with Gasteiger partial charge in [0.1, 0.15) is 0 Å². The third-order valence-corrected chi connectivity index (χ3v) is 6.54. The summed E-state index contributed by atoms with van der Waals surface area (Å²) < 4.78 is 1.05.